The van der Waals surface area contributed by atoms with Crippen molar-refractivity contribution in [2.45, 2.75) is 25.1 Å². The number of nitrogens with zero attached hydrogens (tertiary/aromatic N) is 3. The van der Waals surface area contributed by atoms with Crippen molar-refractivity contribution in [2.24, 2.45) is 5.92 Å². The first-order valence-corrected chi connectivity index (χ1v) is 12.9. The highest BCUT2D eigenvalue weighted by atomic mass is 35.5. The van der Waals surface area contributed by atoms with Gasteiger partial charge in [-0.05, 0) is 48.2 Å². The molecule has 1 atom stereocenters. The Morgan fingerprint density at radius 3 is 2.55 bits per heavy atom. The van der Waals surface area contributed by atoms with Gasteiger partial charge in [-0.3, -0.25) is 4.79 Å². The lowest BCUT2D eigenvalue weighted by molar-refractivity contribution is -0.126. The lowest BCUT2D eigenvalue weighted by atomic mass is 9.99. The fourth-order valence-corrected chi connectivity index (χ4v) is 5.79. The molecule has 33 heavy (non-hydrogen) atoms. The van der Waals surface area contributed by atoms with Crippen LogP contribution in [-0.4, -0.2) is 41.3 Å². The molecular formula is C23H24Cl2N4O3S. The second-order valence-corrected chi connectivity index (χ2v) is 10.8. The van der Waals surface area contributed by atoms with Crippen molar-refractivity contribution in [3.63, 3.8) is 0 Å². The number of carbonyl (C=O) groups is 1. The first kappa shape index (κ1) is 23.8. The molecule has 3 aromatic rings. The monoisotopic (exact) mass is 506 g/mol. The minimum absolute atomic E-state index is 0.136. The molecule has 2 aromatic carbocycles. The van der Waals surface area contributed by atoms with Crippen LogP contribution in [0.25, 0.3) is 5.69 Å². The Morgan fingerprint density at radius 2 is 1.85 bits per heavy atom. The van der Waals surface area contributed by atoms with Crippen LogP contribution in [0.15, 0.2) is 61.2 Å². The second-order valence-electron chi connectivity index (χ2n) is 8.06. The van der Waals surface area contributed by atoms with Crippen LogP contribution in [0.3, 0.4) is 0 Å². The van der Waals surface area contributed by atoms with Crippen molar-refractivity contribution in [1.29, 1.82) is 0 Å². The number of amides is 1. The molecule has 0 bridgehead atoms. The number of hydrogen-bond acceptors (Lipinski definition) is 4. The Morgan fingerprint density at radius 1 is 1.09 bits per heavy atom. The van der Waals surface area contributed by atoms with E-state index in [1.54, 1.807) is 30.7 Å². The fourth-order valence-electron chi connectivity index (χ4n) is 3.87. The number of halogens is 2. The largest absolute Gasteiger partial charge is 0.352 e. The first-order valence-electron chi connectivity index (χ1n) is 10.6. The minimum Gasteiger partial charge on any atom is -0.352 e. The van der Waals surface area contributed by atoms with Gasteiger partial charge in [0.05, 0.1) is 28.0 Å². The third-order valence-corrected chi connectivity index (χ3v) is 8.24. The minimum atomic E-state index is -3.58. The number of imidazole rings is 1. The predicted molar refractivity (Wildman–Crippen MR) is 129 cm³/mol. The maximum absolute atomic E-state index is 12.9. The molecule has 1 amide bonds. The topological polar surface area (TPSA) is 84.3 Å². The Labute approximate surface area is 203 Å². The fraction of sp³-hybridized carbons (Fsp3) is 0.304. The Bertz CT molecular complexity index is 1220. The summed E-state index contributed by atoms with van der Waals surface area (Å²) in [4.78, 5) is 16.8. The highest BCUT2D eigenvalue weighted by molar-refractivity contribution is 7.88. The van der Waals surface area contributed by atoms with Gasteiger partial charge in [0.25, 0.3) is 0 Å². The van der Waals surface area contributed by atoms with Gasteiger partial charge in [-0.1, -0.05) is 41.4 Å². The molecule has 1 aliphatic rings. The lowest BCUT2D eigenvalue weighted by Gasteiger charge is -2.31. The smallest absolute Gasteiger partial charge is 0.224 e. The number of benzene rings is 2. The molecule has 0 spiro atoms. The summed E-state index contributed by atoms with van der Waals surface area (Å²) >= 11 is 11.9. The second kappa shape index (κ2) is 10.3. The van der Waals surface area contributed by atoms with Gasteiger partial charge >= 0.3 is 0 Å². The zero-order valence-corrected chi connectivity index (χ0v) is 20.2. The van der Waals surface area contributed by atoms with Gasteiger partial charge in [-0.2, -0.15) is 0 Å². The number of aromatic nitrogens is 2. The summed E-state index contributed by atoms with van der Waals surface area (Å²) in [7, 11) is -3.58. The number of carbonyl (C=O) groups excluding carboxylic acids is 1. The van der Waals surface area contributed by atoms with Crippen molar-refractivity contribution in [2.75, 3.05) is 13.1 Å². The van der Waals surface area contributed by atoms with E-state index < -0.39 is 10.0 Å². The average Bonchev–Trinajstić information content (AvgIpc) is 3.35. The highest BCUT2D eigenvalue weighted by Crippen LogP contribution is 2.26. The molecule has 0 aliphatic carbocycles. The summed E-state index contributed by atoms with van der Waals surface area (Å²) in [5, 5.41) is 3.64. The number of sulfonamides is 1. The summed E-state index contributed by atoms with van der Waals surface area (Å²) in [6, 6.07) is 12.6. The molecular weight excluding hydrogens is 483 g/mol. The maximum Gasteiger partial charge on any atom is 0.224 e. The molecule has 1 aromatic heterocycles. The third-order valence-electron chi connectivity index (χ3n) is 5.69. The van der Waals surface area contributed by atoms with Gasteiger partial charge in [0.1, 0.15) is 0 Å². The molecule has 1 aliphatic heterocycles. The highest BCUT2D eigenvalue weighted by Gasteiger charge is 2.32. The van der Waals surface area contributed by atoms with Crippen molar-refractivity contribution in [1.82, 2.24) is 19.2 Å². The van der Waals surface area contributed by atoms with Crippen molar-refractivity contribution < 1.29 is 13.2 Å². The zero-order chi connectivity index (χ0) is 23.4. The quantitative estimate of drug-likeness (QED) is 0.523. The molecule has 2 heterocycles. The van der Waals surface area contributed by atoms with Gasteiger partial charge in [-0.25, -0.2) is 17.7 Å². The molecule has 1 fully saturated rings. The van der Waals surface area contributed by atoms with Crippen LogP contribution in [-0.2, 0) is 27.1 Å². The standard InChI is InChI=1S/C23H24Cl2N4O3S/c24-21-8-5-18(12-22(21)25)15-33(31,32)29-10-1-2-19(14-29)23(30)27-13-17-3-6-20(7-4-17)28-11-9-26-16-28/h3-9,11-12,16,19H,1-2,10,13-15H2,(H,27,30)/t19-/m0/s1. The van der Waals surface area contributed by atoms with E-state index in [-0.39, 0.29) is 24.1 Å². The van der Waals surface area contributed by atoms with E-state index >= 15 is 0 Å². The average molecular weight is 507 g/mol. The van der Waals surface area contributed by atoms with Crippen LogP contribution >= 0.6 is 23.2 Å². The van der Waals surface area contributed by atoms with Crippen LogP contribution in [0.1, 0.15) is 24.0 Å². The SMILES string of the molecule is O=C(NCc1ccc(-n2ccnc2)cc1)[C@H]1CCCN(S(=O)(=O)Cc2ccc(Cl)c(Cl)c2)C1. The summed E-state index contributed by atoms with van der Waals surface area (Å²) in [6.45, 7) is 0.966. The van der Waals surface area contributed by atoms with E-state index in [2.05, 4.69) is 10.3 Å². The van der Waals surface area contributed by atoms with Gasteiger partial charge in [0.15, 0.2) is 0 Å². The summed E-state index contributed by atoms with van der Waals surface area (Å²) < 4.78 is 29.2. The van der Waals surface area contributed by atoms with E-state index in [0.717, 1.165) is 11.3 Å². The van der Waals surface area contributed by atoms with Gasteiger partial charge in [0.2, 0.25) is 15.9 Å². The van der Waals surface area contributed by atoms with Gasteiger partial charge in [-0.15, -0.1) is 0 Å². The number of nitrogens with one attached hydrogen (secondary N) is 1. The molecule has 0 saturated carbocycles. The summed E-state index contributed by atoms with van der Waals surface area (Å²) in [5.41, 5.74) is 2.51. The van der Waals surface area contributed by atoms with Gasteiger partial charge < -0.3 is 9.88 Å². The Kier molecular flexibility index (Phi) is 7.38. The predicted octanol–water partition coefficient (Wildman–Crippen LogP) is 4.04. The zero-order valence-electron chi connectivity index (χ0n) is 17.8. The third kappa shape index (κ3) is 5.95. The Balaban J connectivity index is 1.33. The van der Waals surface area contributed by atoms with Crippen molar-refractivity contribution in [3.05, 3.63) is 82.4 Å². The summed E-state index contributed by atoms with van der Waals surface area (Å²) in [5.74, 6) is -0.697. The lowest BCUT2D eigenvalue weighted by Crippen LogP contribution is -2.45. The molecule has 1 saturated heterocycles. The van der Waals surface area contributed by atoms with Crippen LogP contribution in [0.4, 0.5) is 0 Å². The van der Waals surface area contributed by atoms with Crippen LogP contribution in [0.5, 0.6) is 0 Å². The molecule has 4 rings (SSSR count). The molecule has 1 N–H and O–H groups in total. The van der Waals surface area contributed by atoms with E-state index in [0.29, 0.717) is 41.5 Å². The normalized spacial score (nSPS) is 17.1. The van der Waals surface area contributed by atoms with E-state index in [9.17, 15) is 13.2 Å². The van der Waals surface area contributed by atoms with Crippen LogP contribution < -0.4 is 5.32 Å². The van der Waals surface area contributed by atoms with E-state index in [1.165, 1.54) is 4.31 Å². The number of hydrogen-bond donors (Lipinski definition) is 1. The van der Waals surface area contributed by atoms with Crippen molar-refractivity contribution >= 4 is 39.1 Å². The van der Waals surface area contributed by atoms with E-state index in [4.69, 9.17) is 23.2 Å². The molecule has 7 nitrogen and oxygen atoms in total. The number of rotatable bonds is 7. The molecule has 174 valence electrons. The molecule has 0 unspecified atom stereocenters. The van der Waals surface area contributed by atoms with Gasteiger partial charge in [0, 0.05) is 37.7 Å². The van der Waals surface area contributed by atoms with Crippen LogP contribution in [0, 0.1) is 5.92 Å². The molecule has 0 radical (unpaired) electrons. The van der Waals surface area contributed by atoms with Crippen LogP contribution in [0.2, 0.25) is 10.0 Å². The van der Waals surface area contributed by atoms with E-state index in [1.807, 2.05) is 35.0 Å². The summed E-state index contributed by atoms with van der Waals surface area (Å²) in [6.07, 6.45) is 6.59. The maximum atomic E-state index is 12.9. The van der Waals surface area contributed by atoms with Crippen molar-refractivity contribution in [3.8, 4) is 5.69 Å². The first-order chi connectivity index (χ1) is 15.8. The number of piperidine rings is 1. The molecule has 10 heteroatoms. The Hall–Kier alpha value is -2.39.